The van der Waals surface area contributed by atoms with Crippen molar-refractivity contribution in [2.24, 2.45) is 0 Å². The minimum atomic E-state index is -0.455. The van der Waals surface area contributed by atoms with Gasteiger partial charge in [0, 0.05) is 13.0 Å². The first-order chi connectivity index (χ1) is 4.16. The van der Waals surface area contributed by atoms with Crippen LogP contribution in [0.3, 0.4) is 0 Å². The molecule has 0 aliphatic rings. The first kappa shape index (κ1) is 8.30. The van der Waals surface area contributed by atoms with Crippen molar-refractivity contribution in [1.29, 1.82) is 0 Å². The van der Waals surface area contributed by atoms with E-state index in [0.717, 1.165) is 0 Å². The number of Topliss-reactive ketones (excluding diaryl/α,β-unsaturated/α-hetero) is 1. The molecule has 0 aromatic rings. The monoisotopic (exact) mass is 128 g/mol. The molecular formula is C6H10NO2. The highest BCUT2D eigenvalue weighted by atomic mass is 16.2. The van der Waals surface area contributed by atoms with Crippen LogP contribution in [-0.4, -0.2) is 37.6 Å². The molecule has 0 aromatic heterocycles. The second-order valence-electron chi connectivity index (χ2n) is 2.08. The van der Waals surface area contributed by atoms with Gasteiger partial charge in [0.15, 0.2) is 0 Å². The molecule has 9 heavy (non-hydrogen) atoms. The Labute approximate surface area is 54.6 Å². The quantitative estimate of drug-likeness (QED) is 0.484. The summed E-state index contributed by atoms with van der Waals surface area (Å²) in [6.07, 6.45) is 1.58. The van der Waals surface area contributed by atoms with E-state index in [2.05, 4.69) is 0 Å². The lowest BCUT2D eigenvalue weighted by molar-refractivity contribution is -0.113. The predicted molar refractivity (Wildman–Crippen MR) is 33.9 cm³/mol. The van der Waals surface area contributed by atoms with Crippen LogP contribution in [-0.2, 0) is 9.59 Å². The van der Waals surface area contributed by atoms with Crippen molar-refractivity contribution in [1.82, 2.24) is 4.90 Å². The lowest BCUT2D eigenvalue weighted by atomic mass is 10.3. The van der Waals surface area contributed by atoms with Gasteiger partial charge in [-0.1, -0.05) is 0 Å². The van der Waals surface area contributed by atoms with Crippen LogP contribution in [0.2, 0.25) is 0 Å². The average molecular weight is 128 g/mol. The van der Waals surface area contributed by atoms with Gasteiger partial charge < -0.3 is 4.90 Å². The summed E-state index contributed by atoms with van der Waals surface area (Å²) in [5, 5.41) is 0. The Bertz CT molecular complexity index is 110. The Kier molecular flexibility index (Phi) is 3.88. The van der Waals surface area contributed by atoms with Crippen molar-refractivity contribution >= 4 is 12.1 Å². The standard InChI is InChI=1S/C6H10NO2/c1-7(2)4-3-6(9)5-8/h3-4H2,1-2H3. The van der Waals surface area contributed by atoms with Gasteiger partial charge in [-0.2, -0.15) is 0 Å². The van der Waals surface area contributed by atoms with E-state index in [4.69, 9.17) is 0 Å². The fourth-order valence-electron chi connectivity index (χ4n) is 0.376. The first-order valence-electron chi connectivity index (χ1n) is 2.72. The Morgan fingerprint density at radius 1 is 1.56 bits per heavy atom. The van der Waals surface area contributed by atoms with Crippen LogP contribution in [0.25, 0.3) is 0 Å². The van der Waals surface area contributed by atoms with Crippen LogP contribution in [0, 0.1) is 0 Å². The SMILES string of the molecule is CN(C)CCC(=O)[C]=O. The van der Waals surface area contributed by atoms with Crippen LogP contribution < -0.4 is 0 Å². The highest BCUT2D eigenvalue weighted by molar-refractivity contribution is 6.25. The van der Waals surface area contributed by atoms with E-state index < -0.39 is 5.78 Å². The van der Waals surface area contributed by atoms with Gasteiger partial charge in [0.25, 0.3) is 6.29 Å². The van der Waals surface area contributed by atoms with E-state index in [1.807, 2.05) is 19.0 Å². The smallest absolute Gasteiger partial charge is 0.272 e. The fourth-order valence-corrected chi connectivity index (χ4v) is 0.376. The molecular weight excluding hydrogens is 118 g/mol. The topological polar surface area (TPSA) is 37.4 Å². The fraction of sp³-hybridized carbons (Fsp3) is 0.667. The van der Waals surface area contributed by atoms with Crippen molar-refractivity contribution in [2.45, 2.75) is 6.42 Å². The molecule has 0 bridgehead atoms. The zero-order valence-corrected chi connectivity index (χ0v) is 5.68. The van der Waals surface area contributed by atoms with Gasteiger partial charge in [-0.3, -0.25) is 9.59 Å². The zero-order valence-electron chi connectivity index (χ0n) is 5.68. The lowest BCUT2D eigenvalue weighted by Crippen LogP contribution is -2.16. The summed E-state index contributed by atoms with van der Waals surface area (Å²) in [7, 11) is 3.69. The molecule has 0 heterocycles. The molecule has 0 rings (SSSR count). The molecule has 0 aliphatic carbocycles. The van der Waals surface area contributed by atoms with Gasteiger partial charge in [-0.25, -0.2) is 0 Å². The molecule has 1 radical (unpaired) electrons. The van der Waals surface area contributed by atoms with Crippen molar-refractivity contribution in [3.8, 4) is 0 Å². The van der Waals surface area contributed by atoms with Crippen LogP contribution in [0.5, 0.6) is 0 Å². The third-order valence-electron chi connectivity index (χ3n) is 0.900. The Morgan fingerprint density at radius 2 is 2.11 bits per heavy atom. The number of hydrogen-bond acceptors (Lipinski definition) is 3. The summed E-state index contributed by atoms with van der Waals surface area (Å²) < 4.78 is 0. The predicted octanol–water partition coefficient (Wildman–Crippen LogP) is -0.383. The molecule has 3 heteroatoms. The van der Waals surface area contributed by atoms with Gasteiger partial charge in [0.2, 0.25) is 5.78 Å². The average Bonchev–Trinajstić information content (AvgIpc) is 1.83. The van der Waals surface area contributed by atoms with Crippen molar-refractivity contribution in [3.05, 3.63) is 0 Å². The third-order valence-corrected chi connectivity index (χ3v) is 0.900. The van der Waals surface area contributed by atoms with Crippen LogP contribution in [0.1, 0.15) is 6.42 Å². The molecule has 0 saturated carbocycles. The number of rotatable bonds is 4. The van der Waals surface area contributed by atoms with Gasteiger partial charge in [-0.15, -0.1) is 0 Å². The number of ketones is 1. The Hall–Kier alpha value is -0.700. The summed E-state index contributed by atoms with van der Waals surface area (Å²) in [5.74, 6) is -0.455. The van der Waals surface area contributed by atoms with E-state index in [1.54, 1.807) is 0 Å². The first-order valence-corrected chi connectivity index (χ1v) is 2.72. The molecule has 3 nitrogen and oxygen atoms in total. The van der Waals surface area contributed by atoms with Gasteiger partial charge >= 0.3 is 0 Å². The molecule has 51 valence electrons. The van der Waals surface area contributed by atoms with E-state index in [1.165, 1.54) is 6.29 Å². The summed E-state index contributed by atoms with van der Waals surface area (Å²) in [6.45, 7) is 0.619. The molecule has 0 atom stereocenters. The number of hydrogen-bond donors (Lipinski definition) is 0. The van der Waals surface area contributed by atoms with Crippen LogP contribution in [0.4, 0.5) is 0 Å². The zero-order chi connectivity index (χ0) is 7.28. The maximum Gasteiger partial charge on any atom is 0.272 e. The van der Waals surface area contributed by atoms with Gasteiger partial charge in [0.1, 0.15) is 0 Å². The van der Waals surface area contributed by atoms with E-state index >= 15 is 0 Å². The minimum Gasteiger partial charge on any atom is -0.309 e. The lowest BCUT2D eigenvalue weighted by Gasteiger charge is -2.04. The van der Waals surface area contributed by atoms with Crippen molar-refractivity contribution in [2.75, 3.05) is 20.6 Å². The summed E-state index contributed by atoms with van der Waals surface area (Å²) in [5.41, 5.74) is 0. The van der Waals surface area contributed by atoms with E-state index in [-0.39, 0.29) is 6.42 Å². The molecule has 0 saturated heterocycles. The summed E-state index contributed by atoms with van der Waals surface area (Å²) >= 11 is 0. The van der Waals surface area contributed by atoms with Gasteiger partial charge in [0.05, 0.1) is 0 Å². The maximum absolute atomic E-state index is 10.3. The maximum atomic E-state index is 10.3. The molecule has 0 aromatic carbocycles. The van der Waals surface area contributed by atoms with Crippen molar-refractivity contribution in [3.63, 3.8) is 0 Å². The molecule has 0 aliphatic heterocycles. The Morgan fingerprint density at radius 3 is 2.44 bits per heavy atom. The Balaban J connectivity index is 3.27. The molecule has 0 fully saturated rings. The van der Waals surface area contributed by atoms with Crippen molar-refractivity contribution < 1.29 is 9.59 Å². The van der Waals surface area contributed by atoms with Crippen LogP contribution >= 0.6 is 0 Å². The van der Waals surface area contributed by atoms with Gasteiger partial charge in [-0.05, 0) is 14.1 Å². The summed E-state index contributed by atoms with van der Waals surface area (Å²) in [4.78, 5) is 21.7. The largest absolute Gasteiger partial charge is 0.309 e. The highest BCUT2D eigenvalue weighted by Gasteiger charge is 1.99. The number of carbonyl (C=O) groups is 1. The molecule has 0 unspecified atom stereocenters. The molecule has 0 spiro atoms. The summed E-state index contributed by atoms with van der Waals surface area (Å²) in [6, 6.07) is 0. The van der Waals surface area contributed by atoms with E-state index in [0.29, 0.717) is 6.54 Å². The van der Waals surface area contributed by atoms with E-state index in [9.17, 15) is 9.59 Å². The normalized spacial score (nSPS) is 9.67. The number of carbonyl (C=O) groups excluding carboxylic acids is 2. The third kappa shape index (κ3) is 5.17. The second kappa shape index (κ2) is 4.21. The number of nitrogens with zero attached hydrogens (tertiary/aromatic N) is 1. The van der Waals surface area contributed by atoms with Crippen LogP contribution in [0.15, 0.2) is 0 Å². The molecule has 0 N–H and O–H groups in total. The molecule has 0 amide bonds. The highest BCUT2D eigenvalue weighted by Crippen LogP contribution is 1.81. The minimum absolute atomic E-state index is 0.274. The second-order valence-corrected chi connectivity index (χ2v) is 2.08.